The quantitative estimate of drug-likeness (QED) is 0.864. The summed E-state index contributed by atoms with van der Waals surface area (Å²) < 4.78 is 11.0. The van der Waals surface area contributed by atoms with Crippen molar-refractivity contribution in [1.82, 2.24) is 0 Å². The first-order valence-corrected chi connectivity index (χ1v) is 5.86. The third-order valence-electron chi connectivity index (χ3n) is 3.26. The molecule has 0 unspecified atom stereocenters. The molecule has 0 aromatic heterocycles. The Morgan fingerprint density at radius 1 is 1.24 bits per heavy atom. The summed E-state index contributed by atoms with van der Waals surface area (Å²) in [6, 6.07) is 8.16. The molecule has 0 radical (unpaired) electrons. The topological polar surface area (TPSA) is 54.3 Å². The number of anilines is 1. The monoisotopic (exact) mass is 230 g/mol. The second-order valence-corrected chi connectivity index (χ2v) is 4.60. The molecule has 1 fully saturated rings. The number of hydrogen-bond acceptors (Lipinski definition) is 4. The van der Waals surface area contributed by atoms with E-state index in [9.17, 15) is 0 Å². The Hall–Kier alpha value is -1.89. The molecule has 1 N–H and O–H groups in total. The SMILES string of the molecule is N#CC1(CNc2ccc3c(c2)OCCO3)CC1. The van der Waals surface area contributed by atoms with E-state index in [-0.39, 0.29) is 5.41 Å². The molecule has 0 bridgehead atoms. The number of nitrogens with zero attached hydrogens (tertiary/aromatic N) is 1. The molecule has 0 atom stereocenters. The van der Waals surface area contributed by atoms with Crippen molar-refractivity contribution in [3.63, 3.8) is 0 Å². The van der Waals surface area contributed by atoms with Crippen molar-refractivity contribution in [2.24, 2.45) is 5.41 Å². The van der Waals surface area contributed by atoms with Gasteiger partial charge in [-0.3, -0.25) is 0 Å². The van der Waals surface area contributed by atoms with E-state index in [0.29, 0.717) is 19.8 Å². The molecule has 4 nitrogen and oxygen atoms in total. The zero-order valence-corrected chi connectivity index (χ0v) is 9.53. The summed E-state index contributed by atoms with van der Waals surface area (Å²) in [5.74, 6) is 1.58. The van der Waals surface area contributed by atoms with Crippen molar-refractivity contribution < 1.29 is 9.47 Å². The average Bonchev–Trinajstić information content (AvgIpc) is 3.17. The zero-order chi connectivity index (χ0) is 11.7. The highest BCUT2D eigenvalue weighted by molar-refractivity contribution is 5.55. The van der Waals surface area contributed by atoms with Crippen LogP contribution in [0.5, 0.6) is 11.5 Å². The van der Waals surface area contributed by atoms with Gasteiger partial charge in [-0.2, -0.15) is 5.26 Å². The van der Waals surface area contributed by atoms with Gasteiger partial charge in [0.1, 0.15) is 13.2 Å². The lowest BCUT2D eigenvalue weighted by Gasteiger charge is -2.19. The molecule has 88 valence electrons. The maximum Gasteiger partial charge on any atom is 0.163 e. The Bertz CT molecular complexity index is 475. The largest absolute Gasteiger partial charge is 0.486 e. The molecule has 0 saturated heterocycles. The summed E-state index contributed by atoms with van der Waals surface area (Å²) in [5, 5.41) is 12.3. The summed E-state index contributed by atoms with van der Waals surface area (Å²) >= 11 is 0. The van der Waals surface area contributed by atoms with Crippen LogP contribution in [0.4, 0.5) is 5.69 Å². The molecule has 0 amide bonds. The van der Waals surface area contributed by atoms with E-state index < -0.39 is 0 Å². The van der Waals surface area contributed by atoms with Crippen LogP contribution in [0.2, 0.25) is 0 Å². The number of benzene rings is 1. The molecule has 4 heteroatoms. The average molecular weight is 230 g/mol. The first-order valence-electron chi connectivity index (χ1n) is 5.86. The van der Waals surface area contributed by atoms with Gasteiger partial charge < -0.3 is 14.8 Å². The lowest BCUT2D eigenvalue weighted by atomic mass is 10.1. The lowest BCUT2D eigenvalue weighted by Crippen LogP contribution is -2.16. The van der Waals surface area contributed by atoms with Crippen LogP contribution in [-0.2, 0) is 0 Å². The number of rotatable bonds is 3. The molecular weight excluding hydrogens is 216 g/mol. The van der Waals surface area contributed by atoms with E-state index in [1.807, 2.05) is 18.2 Å². The summed E-state index contributed by atoms with van der Waals surface area (Å²) in [4.78, 5) is 0. The van der Waals surface area contributed by atoms with Crippen molar-refractivity contribution in [2.75, 3.05) is 25.1 Å². The second kappa shape index (κ2) is 3.85. The van der Waals surface area contributed by atoms with Crippen LogP contribution in [0.15, 0.2) is 18.2 Å². The third kappa shape index (κ3) is 2.01. The molecule has 3 rings (SSSR count). The minimum Gasteiger partial charge on any atom is -0.486 e. The fourth-order valence-electron chi connectivity index (χ4n) is 1.90. The minimum absolute atomic E-state index is 0.132. The number of hydrogen-bond donors (Lipinski definition) is 1. The Labute approximate surface area is 100 Å². The standard InChI is InChI=1S/C13H14N2O2/c14-8-13(3-4-13)9-15-10-1-2-11-12(7-10)17-6-5-16-11/h1-2,7,15H,3-6,9H2. The van der Waals surface area contributed by atoms with E-state index >= 15 is 0 Å². The number of nitrogens with one attached hydrogen (secondary N) is 1. The smallest absolute Gasteiger partial charge is 0.163 e. The highest BCUT2D eigenvalue weighted by atomic mass is 16.6. The zero-order valence-electron chi connectivity index (χ0n) is 9.53. The third-order valence-corrected chi connectivity index (χ3v) is 3.26. The Morgan fingerprint density at radius 2 is 2.00 bits per heavy atom. The van der Waals surface area contributed by atoms with Crippen molar-refractivity contribution >= 4 is 5.69 Å². The molecule has 1 aromatic carbocycles. The van der Waals surface area contributed by atoms with E-state index in [2.05, 4.69) is 11.4 Å². The van der Waals surface area contributed by atoms with E-state index in [1.165, 1.54) is 0 Å². The highest BCUT2D eigenvalue weighted by Gasteiger charge is 2.42. The maximum atomic E-state index is 8.99. The van der Waals surface area contributed by atoms with Gasteiger partial charge in [0.05, 0.1) is 11.5 Å². The van der Waals surface area contributed by atoms with Gasteiger partial charge >= 0.3 is 0 Å². The van der Waals surface area contributed by atoms with Gasteiger partial charge in [-0.25, -0.2) is 0 Å². The van der Waals surface area contributed by atoms with Crippen LogP contribution in [-0.4, -0.2) is 19.8 Å². The van der Waals surface area contributed by atoms with Crippen LogP contribution in [0.25, 0.3) is 0 Å². The summed E-state index contributed by atoms with van der Waals surface area (Å²) in [6.45, 7) is 1.92. The van der Waals surface area contributed by atoms with Gasteiger partial charge in [0.15, 0.2) is 11.5 Å². The molecule has 17 heavy (non-hydrogen) atoms. The summed E-state index contributed by atoms with van der Waals surface area (Å²) in [5.41, 5.74) is 0.851. The molecular formula is C13H14N2O2. The number of nitriles is 1. The molecule has 1 aliphatic carbocycles. The van der Waals surface area contributed by atoms with Crippen molar-refractivity contribution in [3.05, 3.63) is 18.2 Å². The van der Waals surface area contributed by atoms with Crippen LogP contribution in [0, 0.1) is 16.7 Å². The van der Waals surface area contributed by atoms with Crippen molar-refractivity contribution in [1.29, 1.82) is 5.26 Å². The van der Waals surface area contributed by atoms with E-state index in [0.717, 1.165) is 30.0 Å². The van der Waals surface area contributed by atoms with Crippen LogP contribution < -0.4 is 14.8 Å². The molecule has 0 spiro atoms. The van der Waals surface area contributed by atoms with Gasteiger partial charge in [-0.1, -0.05) is 0 Å². The van der Waals surface area contributed by atoms with Crippen molar-refractivity contribution in [3.8, 4) is 17.6 Å². The Kier molecular flexibility index (Phi) is 2.32. The van der Waals surface area contributed by atoms with Gasteiger partial charge in [-0.05, 0) is 25.0 Å². The first kappa shape index (κ1) is 10.3. The summed E-state index contributed by atoms with van der Waals surface area (Å²) in [7, 11) is 0. The van der Waals surface area contributed by atoms with Crippen molar-refractivity contribution in [2.45, 2.75) is 12.8 Å². The molecule has 2 aliphatic rings. The maximum absolute atomic E-state index is 8.99. The lowest BCUT2D eigenvalue weighted by molar-refractivity contribution is 0.171. The second-order valence-electron chi connectivity index (χ2n) is 4.60. The van der Waals surface area contributed by atoms with E-state index in [4.69, 9.17) is 14.7 Å². The van der Waals surface area contributed by atoms with Gasteiger partial charge in [0.25, 0.3) is 0 Å². The fraction of sp³-hybridized carbons (Fsp3) is 0.462. The van der Waals surface area contributed by atoms with Crippen LogP contribution in [0.3, 0.4) is 0 Å². The molecule has 1 aromatic rings. The van der Waals surface area contributed by atoms with Gasteiger partial charge in [0.2, 0.25) is 0 Å². The minimum atomic E-state index is -0.132. The Balaban J connectivity index is 1.70. The fourth-order valence-corrected chi connectivity index (χ4v) is 1.90. The predicted octanol–water partition coefficient (Wildman–Crippen LogP) is 2.17. The molecule has 1 saturated carbocycles. The van der Waals surface area contributed by atoms with Crippen LogP contribution in [0.1, 0.15) is 12.8 Å². The van der Waals surface area contributed by atoms with Gasteiger partial charge in [0, 0.05) is 18.3 Å². The number of ether oxygens (including phenoxy) is 2. The predicted molar refractivity (Wildman–Crippen MR) is 63.2 cm³/mol. The van der Waals surface area contributed by atoms with E-state index in [1.54, 1.807) is 0 Å². The van der Waals surface area contributed by atoms with Gasteiger partial charge in [-0.15, -0.1) is 0 Å². The Morgan fingerprint density at radius 3 is 2.71 bits per heavy atom. The van der Waals surface area contributed by atoms with Crippen LogP contribution >= 0.6 is 0 Å². The molecule has 1 aliphatic heterocycles. The molecule has 1 heterocycles. The highest BCUT2D eigenvalue weighted by Crippen LogP contribution is 2.45. The number of fused-ring (bicyclic) bond motifs is 1. The first-order chi connectivity index (χ1) is 8.31. The summed E-state index contributed by atoms with van der Waals surface area (Å²) in [6.07, 6.45) is 2.00. The normalized spacial score (nSPS) is 19.2.